The van der Waals surface area contributed by atoms with Crippen LogP contribution < -0.4 is 10.5 Å². The number of benzene rings is 2. The highest BCUT2D eigenvalue weighted by Gasteiger charge is 2.14. The fraction of sp³-hybridized carbons (Fsp3) is 0.333. The van der Waals surface area contributed by atoms with E-state index >= 15 is 0 Å². The first-order valence-corrected chi connectivity index (χ1v) is 7.59. The first-order valence-electron chi connectivity index (χ1n) is 7.59. The molecule has 110 valence electrons. The van der Waals surface area contributed by atoms with E-state index in [1.165, 1.54) is 11.1 Å². The lowest BCUT2D eigenvalue weighted by molar-refractivity contribution is 0.221. The Kier molecular flexibility index (Phi) is 4.41. The average molecular weight is 282 g/mol. The van der Waals surface area contributed by atoms with Crippen molar-refractivity contribution in [3.63, 3.8) is 0 Å². The lowest BCUT2D eigenvalue weighted by Gasteiger charge is -2.28. The summed E-state index contributed by atoms with van der Waals surface area (Å²) >= 11 is 0. The maximum absolute atomic E-state index is 5.74. The van der Waals surface area contributed by atoms with E-state index in [9.17, 15) is 0 Å². The summed E-state index contributed by atoms with van der Waals surface area (Å²) in [6.07, 6.45) is 2.21. The Morgan fingerprint density at radius 1 is 1.00 bits per heavy atom. The molecule has 0 fully saturated rings. The summed E-state index contributed by atoms with van der Waals surface area (Å²) in [4.78, 5) is 2.51. The van der Waals surface area contributed by atoms with Crippen LogP contribution in [0.2, 0.25) is 0 Å². The van der Waals surface area contributed by atoms with Crippen LogP contribution in [0, 0.1) is 0 Å². The van der Waals surface area contributed by atoms with Gasteiger partial charge in [-0.3, -0.25) is 4.90 Å². The molecule has 0 atom stereocenters. The van der Waals surface area contributed by atoms with Crippen molar-refractivity contribution in [3.05, 3.63) is 59.7 Å². The molecule has 0 amide bonds. The Bertz CT molecular complexity index is 580. The van der Waals surface area contributed by atoms with E-state index in [-0.39, 0.29) is 0 Å². The first-order chi connectivity index (χ1) is 10.3. The molecule has 3 heteroatoms. The van der Waals surface area contributed by atoms with E-state index in [2.05, 4.69) is 29.2 Å². The van der Waals surface area contributed by atoms with Gasteiger partial charge >= 0.3 is 0 Å². The second-order valence-electron chi connectivity index (χ2n) is 5.57. The molecule has 0 saturated heterocycles. The number of hydrogen-bond donors (Lipinski definition) is 1. The zero-order chi connectivity index (χ0) is 14.5. The van der Waals surface area contributed by atoms with Gasteiger partial charge in [0.2, 0.25) is 0 Å². The third-order valence-corrected chi connectivity index (χ3v) is 3.98. The summed E-state index contributed by atoms with van der Waals surface area (Å²) in [5.74, 6) is 0.896. The van der Waals surface area contributed by atoms with Gasteiger partial charge < -0.3 is 10.5 Å². The quantitative estimate of drug-likeness (QED) is 0.676. The zero-order valence-corrected chi connectivity index (χ0v) is 12.3. The van der Waals surface area contributed by atoms with Crippen molar-refractivity contribution in [2.75, 3.05) is 25.4 Å². The minimum Gasteiger partial charge on any atom is -0.494 e. The fourth-order valence-corrected chi connectivity index (χ4v) is 2.79. The molecule has 0 spiro atoms. The van der Waals surface area contributed by atoms with Crippen LogP contribution >= 0.6 is 0 Å². The maximum Gasteiger partial charge on any atom is 0.119 e. The molecular formula is C18H22N2O. The molecule has 0 bridgehead atoms. The van der Waals surface area contributed by atoms with Gasteiger partial charge in [0.1, 0.15) is 5.75 Å². The zero-order valence-electron chi connectivity index (χ0n) is 12.3. The van der Waals surface area contributed by atoms with E-state index in [1.54, 1.807) is 0 Å². The Balaban J connectivity index is 1.41. The van der Waals surface area contributed by atoms with Gasteiger partial charge in [0.05, 0.1) is 6.61 Å². The van der Waals surface area contributed by atoms with Crippen molar-refractivity contribution < 1.29 is 4.74 Å². The van der Waals surface area contributed by atoms with Gasteiger partial charge in [-0.25, -0.2) is 0 Å². The molecule has 0 aliphatic carbocycles. The molecule has 0 saturated carbocycles. The summed E-state index contributed by atoms with van der Waals surface area (Å²) in [7, 11) is 0. The summed E-state index contributed by atoms with van der Waals surface area (Å²) in [5, 5.41) is 0. The van der Waals surface area contributed by atoms with Crippen LogP contribution in [0.3, 0.4) is 0 Å². The second kappa shape index (κ2) is 6.64. The smallest absolute Gasteiger partial charge is 0.119 e. The topological polar surface area (TPSA) is 38.5 Å². The predicted octanol–water partition coefficient (Wildman–Crippen LogP) is 3.10. The SMILES string of the molecule is Nc1ccc(OCCCN2CCc3ccccc3C2)cc1. The molecule has 1 heterocycles. The number of nitrogens with zero attached hydrogens (tertiary/aromatic N) is 1. The largest absolute Gasteiger partial charge is 0.494 e. The second-order valence-corrected chi connectivity index (χ2v) is 5.57. The van der Waals surface area contributed by atoms with Gasteiger partial charge in [0, 0.05) is 25.3 Å². The van der Waals surface area contributed by atoms with E-state index in [1.807, 2.05) is 24.3 Å². The van der Waals surface area contributed by atoms with Crippen LogP contribution in [-0.2, 0) is 13.0 Å². The molecule has 2 aromatic rings. The number of fused-ring (bicyclic) bond motifs is 1. The van der Waals surface area contributed by atoms with E-state index in [0.29, 0.717) is 0 Å². The molecular weight excluding hydrogens is 260 g/mol. The predicted molar refractivity (Wildman–Crippen MR) is 86.4 cm³/mol. The lowest BCUT2D eigenvalue weighted by Crippen LogP contribution is -2.31. The van der Waals surface area contributed by atoms with Crippen LogP contribution in [0.1, 0.15) is 17.5 Å². The summed E-state index contributed by atoms with van der Waals surface area (Å²) in [6.45, 7) is 4.06. The minimum absolute atomic E-state index is 0.752. The fourth-order valence-electron chi connectivity index (χ4n) is 2.79. The van der Waals surface area contributed by atoms with Crippen molar-refractivity contribution in [1.82, 2.24) is 4.90 Å². The highest BCUT2D eigenvalue weighted by molar-refractivity contribution is 5.41. The van der Waals surface area contributed by atoms with E-state index in [0.717, 1.165) is 50.5 Å². The Morgan fingerprint density at radius 3 is 2.57 bits per heavy atom. The Labute approximate surface area is 126 Å². The van der Waals surface area contributed by atoms with Gasteiger partial charge in [0.15, 0.2) is 0 Å². The molecule has 1 aliphatic heterocycles. The molecule has 1 aliphatic rings. The van der Waals surface area contributed by atoms with Gasteiger partial charge in [-0.1, -0.05) is 24.3 Å². The first kappa shape index (κ1) is 14.0. The maximum atomic E-state index is 5.74. The van der Waals surface area contributed by atoms with Crippen LogP contribution in [0.15, 0.2) is 48.5 Å². The number of hydrogen-bond acceptors (Lipinski definition) is 3. The average Bonchev–Trinajstić information content (AvgIpc) is 2.53. The molecule has 0 radical (unpaired) electrons. The van der Waals surface area contributed by atoms with Crippen LogP contribution in [0.4, 0.5) is 5.69 Å². The summed E-state index contributed by atoms with van der Waals surface area (Å²) < 4.78 is 5.74. The molecule has 2 aromatic carbocycles. The van der Waals surface area contributed by atoms with Gasteiger partial charge in [0.25, 0.3) is 0 Å². The molecule has 0 aromatic heterocycles. The van der Waals surface area contributed by atoms with Crippen molar-refractivity contribution >= 4 is 5.69 Å². The summed E-state index contributed by atoms with van der Waals surface area (Å²) in [5.41, 5.74) is 9.41. The van der Waals surface area contributed by atoms with Crippen molar-refractivity contribution in [2.45, 2.75) is 19.4 Å². The standard InChI is InChI=1S/C18H22N2O/c19-17-6-8-18(9-7-17)21-13-3-11-20-12-10-15-4-1-2-5-16(15)14-20/h1-2,4-9H,3,10-14,19H2. The third-order valence-electron chi connectivity index (χ3n) is 3.98. The number of rotatable bonds is 5. The van der Waals surface area contributed by atoms with Gasteiger partial charge in [-0.15, -0.1) is 0 Å². The van der Waals surface area contributed by atoms with Gasteiger partial charge in [-0.2, -0.15) is 0 Å². The Morgan fingerprint density at radius 2 is 1.76 bits per heavy atom. The number of anilines is 1. The summed E-state index contributed by atoms with van der Waals surface area (Å²) in [6, 6.07) is 16.3. The monoisotopic (exact) mass is 282 g/mol. The number of ether oxygens (including phenoxy) is 1. The van der Waals surface area contributed by atoms with Crippen LogP contribution in [0.25, 0.3) is 0 Å². The van der Waals surface area contributed by atoms with Gasteiger partial charge in [-0.05, 0) is 48.2 Å². The van der Waals surface area contributed by atoms with E-state index < -0.39 is 0 Å². The molecule has 0 unspecified atom stereocenters. The molecule has 3 nitrogen and oxygen atoms in total. The van der Waals surface area contributed by atoms with Crippen LogP contribution in [-0.4, -0.2) is 24.6 Å². The molecule has 2 N–H and O–H groups in total. The highest BCUT2D eigenvalue weighted by Crippen LogP contribution is 2.18. The third kappa shape index (κ3) is 3.76. The highest BCUT2D eigenvalue weighted by atomic mass is 16.5. The van der Waals surface area contributed by atoms with Crippen molar-refractivity contribution in [2.24, 2.45) is 0 Å². The molecule has 21 heavy (non-hydrogen) atoms. The van der Waals surface area contributed by atoms with Crippen molar-refractivity contribution in [3.8, 4) is 5.75 Å². The normalized spacial score (nSPS) is 14.7. The van der Waals surface area contributed by atoms with Crippen LogP contribution in [0.5, 0.6) is 5.75 Å². The number of nitrogen functional groups attached to an aromatic ring is 1. The molecule has 3 rings (SSSR count). The van der Waals surface area contributed by atoms with Crippen molar-refractivity contribution in [1.29, 1.82) is 0 Å². The Hall–Kier alpha value is -2.00. The minimum atomic E-state index is 0.752. The lowest BCUT2D eigenvalue weighted by atomic mass is 10.00. The van der Waals surface area contributed by atoms with E-state index in [4.69, 9.17) is 10.5 Å². The number of nitrogens with two attached hydrogens (primary N) is 1.